The molecule has 0 aromatic heterocycles. The van der Waals surface area contributed by atoms with E-state index >= 15 is 0 Å². The van der Waals surface area contributed by atoms with Crippen LogP contribution < -0.4 is 10.5 Å². The molecular weight excluding hydrogens is 260 g/mol. The number of anilines is 1. The summed E-state index contributed by atoms with van der Waals surface area (Å²) in [5.74, 6) is 0.771. The maximum Gasteiger partial charge on any atom is 0.127 e. The summed E-state index contributed by atoms with van der Waals surface area (Å²) >= 11 is 0. The first-order valence-corrected chi connectivity index (χ1v) is 6.67. The Morgan fingerprint density at radius 3 is 2.43 bits per heavy atom. The van der Waals surface area contributed by atoms with Gasteiger partial charge in [0.25, 0.3) is 0 Å². The van der Waals surface area contributed by atoms with E-state index in [-0.39, 0.29) is 0 Å². The minimum absolute atomic E-state index is 0.359. The van der Waals surface area contributed by atoms with Crippen LogP contribution >= 0.6 is 0 Å². The first-order valence-electron chi connectivity index (χ1n) is 6.67. The van der Waals surface area contributed by atoms with Crippen molar-refractivity contribution in [3.8, 4) is 11.8 Å². The van der Waals surface area contributed by atoms with Gasteiger partial charge < -0.3 is 10.5 Å². The van der Waals surface area contributed by atoms with Gasteiger partial charge in [0, 0.05) is 22.0 Å². The second kappa shape index (κ2) is 5.56. The maximum absolute atomic E-state index is 9.10. The smallest absolute Gasteiger partial charge is 0.127 e. The zero-order chi connectivity index (χ0) is 14.7. The molecule has 0 fully saturated rings. The lowest BCUT2D eigenvalue weighted by Gasteiger charge is -2.11. The molecule has 3 aromatic carbocycles. The Morgan fingerprint density at radius 1 is 0.905 bits per heavy atom. The van der Waals surface area contributed by atoms with Gasteiger partial charge in [0.2, 0.25) is 0 Å². The third kappa shape index (κ3) is 2.52. The number of nitriles is 1. The molecule has 0 saturated carbocycles. The van der Waals surface area contributed by atoms with Crippen LogP contribution in [0, 0.1) is 11.3 Å². The maximum atomic E-state index is 9.10. The molecule has 0 aliphatic carbocycles. The summed E-state index contributed by atoms with van der Waals surface area (Å²) in [6, 6.07) is 21.2. The second-order valence-electron chi connectivity index (χ2n) is 4.76. The van der Waals surface area contributed by atoms with Crippen LogP contribution in [0.1, 0.15) is 11.1 Å². The van der Waals surface area contributed by atoms with E-state index in [1.54, 1.807) is 6.07 Å². The minimum Gasteiger partial charge on any atom is -0.488 e. The number of fused-ring (bicyclic) bond motifs is 1. The van der Waals surface area contributed by atoms with Gasteiger partial charge in [0.15, 0.2) is 0 Å². The lowest BCUT2D eigenvalue weighted by molar-refractivity contribution is 0.310. The Bertz CT molecular complexity index is 834. The van der Waals surface area contributed by atoms with Gasteiger partial charge in [-0.3, -0.25) is 0 Å². The normalized spacial score (nSPS) is 10.2. The van der Waals surface area contributed by atoms with Crippen molar-refractivity contribution in [3.05, 3.63) is 71.8 Å². The second-order valence-corrected chi connectivity index (χ2v) is 4.76. The van der Waals surface area contributed by atoms with Crippen LogP contribution in [0.4, 0.5) is 5.69 Å². The van der Waals surface area contributed by atoms with Crippen molar-refractivity contribution in [1.82, 2.24) is 0 Å². The van der Waals surface area contributed by atoms with Crippen molar-refractivity contribution in [2.24, 2.45) is 0 Å². The van der Waals surface area contributed by atoms with Gasteiger partial charge in [0.1, 0.15) is 12.4 Å². The largest absolute Gasteiger partial charge is 0.488 e. The molecule has 0 radical (unpaired) electrons. The molecule has 0 heterocycles. The summed E-state index contributed by atoms with van der Waals surface area (Å²) in [5.41, 5.74) is 8.22. The van der Waals surface area contributed by atoms with Crippen molar-refractivity contribution < 1.29 is 4.74 Å². The molecule has 21 heavy (non-hydrogen) atoms. The highest BCUT2D eigenvalue weighted by molar-refractivity contribution is 5.96. The molecule has 102 valence electrons. The molecular formula is C18H14N2O. The zero-order valence-corrected chi connectivity index (χ0v) is 11.4. The molecule has 3 rings (SSSR count). The van der Waals surface area contributed by atoms with Gasteiger partial charge in [0.05, 0.1) is 11.6 Å². The predicted octanol–water partition coefficient (Wildman–Crippen LogP) is 3.87. The molecule has 3 aromatic rings. The fourth-order valence-electron chi connectivity index (χ4n) is 2.33. The lowest BCUT2D eigenvalue weighted by Crippen LogP contribution is -1.99. The molecule has 0 bridgehead atoms. The fourth-order valence-corrected chi connectivity index (χ4v) is 2.33. The number of nitrogens with two attached hydrogens (primary N) is 1. The Morgan fingerprint density at radius 2 is 1.62 bits per heavy atom. The lowest BCUT2D eigenvalue weighted by atomic mass is 10.1. The van der Waals surface area contributed by atoms with E-state index in [0.29, 0.717) is 12.2 Å². The summed E-state index contributed by atoms with van der Waals surface area (Å²) in [4.78, 5) is 0. The SMILES string of the molecule is N#Cc1ccccc1COc1ccc(N)c2ccccc12. The van der Waals surface area contributed by atoms with Crippen molar-refractivity contribution in [2.75, 3.05) is 5.73 Å². The van der Waals surface area contributed by atoms with E-state index < -0.39 is 0 Å². The first kappa shape index (κ1) is 13.0. The quantitative estimate of drug-likeness (QED) is 0.737. The summed E-state index contributed by atoms with van der Waals surface area (Å²) < 4.78 is 5.90. The van der Waals surface area contributed by atoms with E-state index in [1.807, 2.05) is 54.6 Å². The number of hydrogen-bond donors (Lipinski definition) is 1. The predicted molar refractivity (Wildman–Crippen MR) is 83.8 cm³/mol. The van der Waals surface area contributed by atoms with Gasteiger partial charge in [-0.15, -0.1) is 0 Å². The third-order valence-electron chi connectivity index (χ3n) is 3.44. The molecule has 3 nitrogen and oxygen atoms in total. The van der Waals surface area contributed by atoms with Crippen molar-refractivity contribution in [2.45, 2.75) is 6.61 Å². The van der Waals surface area contributed by atoms with Crippen molar-refractivity contribution in [1.29, 1.82) is 5.26 Å². The number of nitrogens with zero attached hydrogens (tertiary/aromatic N) is 1. The Balaban J connectivity index is 1.93. The van der Waals surface area contributed by atoms with Crippen LogP contribution in [0.2, 0.25) is 0 Å². The zero-order valence-electron chi connectivity index (χ0n) is 11.4. The average Bonchev–Trinajstić information content (AvgIpc) is 2.55. The van der Waals surface area contributed by atoms with E-state index in [9.17, 15) is 0 Å². The van der Waals surface area contributed by atoms with E-state index in [4.69, 9.17) is 15.7 Å². The van der Waals surface area contributed by atoms with Crippen LogP contribution in [-0.4, -0.2) is 0 Å². The molecule has 3 heteroatoms. The van der Waals surface area contributed by atoms with Crippen molar-refractivity contribution >= 4 is 16.5 Å². The number of hydrogen-bond acceptors (Lipinski definition) is 3. The molecule has 0 aliphatic heterocycles. The fraction of sp³-hybridized carbons (Fsp3) is 0.0556. The number of nitrogen functional groups attached to an aromatic ring is 1. The minimum atomic E-state index is 0.359. The monoisotopic (exact) mass is 274 g/mol. The molecule has 0 unspecified atom stereocenters. The molecule has 0 amide bonds. The summed E-state index contributed by atoms with van der Waals surface area (Å²) in [7, 11) is 0. The van der Waals surface area contributed by atoms with Gasteiger partial charge in [-0.05, 0) is 18.2 Å². The van der Waals surface area contributed by atoms with Gasteiger partial charge >= 0.3 is 0 Å². The van der Waals surface area contributed by atoms with Gasteiger partial charge in [-0.25, -0.2) is 0 Å². The van der Waals surface area contributed by atoms with E-state index in [1.165, 1.54) is 0 Å². The highest BCUT2D eigenvalue weighted by Gasteiger charge is 2.06. The van der Waals surface area contributed by atoms with E-state index in [0.717, 1.165) is 27.8 Å². The van der Waals surface area contributed by atoms with Gasteiger partial charge in [-0.2, -0.15) is 5.26 Å². The standard InChI is InChI=1S/C18H14N2O/c19-11-13-5-1-2-6-14(13)12-21-18-10-9-17(20)15-7-3-4-8-16(15)18/h1-10H,12,20H2. The Labute approximate surface area is 123 Å². The van der Waals surface area contributed by atoms with Crippen LogP contribution in [0.15, 0.2) is 60.7 Å². The summed E-state index contributed by atoms with van der Waals surface area (Å²) in [5, 5.41) is 11.1. The average molecular weight is 274 g/mol. The summed E-state index contributed by atoms with van der Waals surface area (Å²) in [6.45, 7) is 0.359. The number of benzene rings is 3. The number of rotatable bonds is 3. The topological polar surface area (TPSA) is 59.0 Å². The highest BCUT2D eigenvalue weighted by Crippen LogP contribution is 2.30. The van der Waals surface area contributed by atoms with E-state index in [2.05, 4.69) is 6.07 Å². The Kier molecular flexibility index (Phi) is 3.44. The molecule has 2 N–H and O–H groups in total. The molecule has 0 saturated heterocycles. The van der Waals surface area contributed by atoms with Gasteiger partial charge in [-0.1, -0.05) is 42.5 Å². The van der Waals surface area contributed by atoms with Crippen LogP contribution in [0.25, 0.3) is 10.8 Å². The Hall–Kier alpha value is -2.99. The molecule has 0 spiro atoms. The third-order valence-corrected chi connectivity index (χ3v) is 3.44. The molecule has 0 atom stereocenters. The van der Waals surface area contributed by atoms with Crippen LogP contribution in [0.3, 0.4) is 0 Å². The number of ether oxygens (including phenoxy) is 1. The van der Waals surface area contributed by atoms with Crippen LogP contribution in [0.5, 0.6) is 5.75 Å². The van der Waals surface area contributed by atoms with Crippen molar-refractivity contribution in [3.63, 3.8) is 0 Å². The highest BCUT2D eigenvalue weighted by atomic mass is 16.5. The first-order chi connectivity index (χ1) is 10.3. The molecule has 0 aliphatic rings. The van der Waals surface area contributed by atoms with Crippen LogP contribution in [-0.2, 0) is 6.61 Å². The summed E-state index contributed by atoms with van der Waals surface area (Å²) in [6.07, 6.45) is 0.